The maximum atomic E-state index is 10.3. The Morgan fingerprint density at radius 2 is 1.42 bits per heavy atom. The molecule has 0 amide bonds. The Morgan fingerprint density at radius 3 is 2.09 bits per heavy atom. The summed E-state index contributed by atoms with van der Waals surface area (Å²) in [6.07, 6.45) is 4.18. The first-order valence-corrected chi connectivity index (χ1v) is 14.4. The van der Waals surface area contributed by atoms with Gasteiger partial charge in [-0.25, -0.2) is 4.68 Å². The first-order chi connectivity index (χ1) is 20.3. The molecule has 5 aromatic rings. The van der Waals surface area contributed by atoms with E-state index < -0.39 is 0 Å². The van der Waals surface area contributed by atoms with E-state index in [2.05, 4.69) is 110 Å². The van der Waals surface area contributed by atoms with Crippen molar-refractivity contribution >= 4 is 11.4 Å². The number of rotatable bonds is 7. The standard InChI is InChI=1S/C36H35N5O.Pt/c1-24(2)31-21-29(27-12-7-6-8-13-27)22-32(25(3)4)35(31)40-19-18-39(23-40)30-15-11-14-28(20-30)36-37-26(5)41(38-36)33-16-9-10-17-34(33)42;/h6-19,21-25,42H,1-5H3;/q-2;+2. The van der Waals surface area contributed by atoms with Crippen molar-refractivity contribution in [3.63, 3.8) is 0 Å². The number of nitrogens with zero attached hydrogens (tertiary/aromatic N) is 5. The average Bonchev–Trinajstić information content (AvgIpc) is 3.64. The van der Waals surface area contributed by atoms with Crippen molar-refractivity contribution in [2.45, 2.75) is 46.5 Å². The van der Waals surface area contributed by atoms with Crippen LogP contribution in [0, 0.1) is 19.7 Å². The topological polar surface area (TPSA) is 57.4 Å². The molecule has 0 saturated heterocycles. The molecule has 0 bridgehead atoms. The third kappa shape index (κ3) is 6.03. The fraction of sp³-hybridized carbons (Fsp3) is 0.194. The smallest absolute Gasteiger partial charge is 0.506 e. The van der Waals surface area contributed by atoms with Crippen LogP contribution in [0.5, 0.6) is 5.75 Å². The monoisotopic (exact) mass is 748 g/mol. The van der Waals surface area contributed by atoms with Gasteiger partial charge in [0.2, 0.25) is 0 Å². The molecule has 0 radical (unpaired) electrons. The summed E-state index contributed by atoms with van der Waals surface area (Å²) >= 11 is 0. The summed E-state index contributed by atoms with van der Waals surface area (Å²) in [5.41, 5.74) is 8.60. The number of aryl methyl sites for hydroxylation is 1. The summed E-state index contributed by atoms with van der Waals surface area (Å²) < 4.78 is 1.66. The molecule has 0 fully saturated rings. The number of phenolic OH excluding ortho intramolecular Hbond substituents is 1. The van der Waals surface area contributed by atoms with E-state index in [4.69, 9.17) is 5.10 Å². The molecular formula is C36H35N5OPt. The molecule has 1 aromatic heterocycles. The predicted octanol–water partition coefficient (Wildman–Crippen LogP) is 8.58. The van der Waals surface area contributed by atoms with Gasteiger partial charge >= 0.3 is 21.1 Å². The molecule has 2 heterocycles. The first-order valence-electron chi connectivity index (χ1n) is 14.4. The number of aromatic hydroxyl groups is 1. The number of hydrogen-bond donors (Lipinski definition) is 1. The van der Waals surface area contributed by atoms with E-state index in [1.807, 2.05) is 37.3 Å². The van der Waals surface area contributed by atoms with Gasteiger partial charge in [-0.05, 0) is 77.7 Å². The molecule has 1 aliphatic heterocycles. The molecule has 0 spiro atoms. The number of benzene rings is 4. The minimum absolute atomic E-state index is 0. The molecule has 6 nitrogen and oxygen atoms in total. The van der Waals surface area contributed by atoms with Gasteiger partial charge in [0.1, 0.15) is 17.3 Å². The van der Waals surface area contributed by atoms with E-state index in [9.17, 15) is 5.11 Å². The van der Waals surface area contributed by atoms with Gasteiger partial charge in [0, 0.05) is 5.69 Å². The normalized spacial score (nSPS) is 12.8. The molecule has 0 aliphatic carbocycles. The third-order valence-electron chi connectivity index (χ3n) is 7.59. The molecule has 0 unspecified atom stereocenters. The van der Waals surface area contributed by atoms with Crippen molar-refractivity contribution in [3.05, 3.63) is 127 Å². The number of aromatic nitrogens is 3. The summed E-state index contributed by atoms with van der Waals surface area (Å²) in [5, 5.41) is 15.0. The number of anilines is 2. The van der Waals surface area contributed by atoms with Crippen LogP contribution < -0.4 is 9.80 Å². The molecular weight excluding hydrogens is 714 g/mol. The molecule has 7 heteroatoms. The minimum Gasteiger partial charge on any atom is -0.506 e. The molecule has 0 saturated carbocycles. The van der Waals surface area contributed by atoms with E-state index in [0.717, 1.165) is 11.3 Å². The van der Waals surface area contributed by atoms with Crippen LogP contribution in [-0.4, -0.2) is 19.9 Å². The van der Waals surface area contributed by atoms with Crippen LogP contribution in [0.25, 0.3) is 28.2 Å². The fourth-order valence-electron chi connectivity index (χ4n) is 5.40. The van der Waals surface area contributed by atoms with Crippen molar-refractivity contribution in [2.75, 3.05) is 9.80 Å². The molecule has 220 valence electrons. The second-order valence-electron chi connectivity index (χ2n) is 11.2. The molecule has 1 aliphatic rings. The fourth-order valence-corrected chi connectivity index (χ4v) is 5.40. The van der Waals surface area contributed by atoms with Gasteiger partial charge < -0.3 is 14.9 Å². The van der Waals surface area contributed by atoms with Gasteiger partial charge in [0.05, 0.1) is 5.82 Å². The van der Waals surface area contributed by atoms with E-state index >= 15 is 0 Å². The maximum Gasteiger partial charge on any atom is 2.00 e. The van der Waals surface area contributed by atoms with Crippen LogP contribution in [0.1, 0.15) is 56.5 Å². The summed E-state index contributed by atoms with van der Waals surface area (Å²) in [6.45, 7) is 13.0. The van der Waals surface area contributed by atoms with Crippen molar-refractivity contribution < 1.29 is 26.2 Å². The SMILES string of the molecule is Cc1nc(-c2[c-]c(N3C=CN(c4c(C(C)C)cc(-c5ccccc5)cc4C(C)C)[CH-]3)ccc2)nn1-c1ccccc1O.[Pt+2]. The Morgan fingerprint density at radius 1 is 0.767 bits per heavy atom. The van der Waals surface area contributed by atoms with E-state index in [-0.39, 0.29) is 26.8 Å². The quantitative estimate of drug-likeness (QED) is 0.169. The third-order valence-corrected chi connectivity index (χ3v) is 7.59. The zero-order valence-corrected chi connectivity index (χ0v) is 27.2. The number of hydrogen-bond acceptors (Lipinski definition) is 5. The van der Waals surface area contributed by atoms with Crippen molar-refractivity contribution in [2.24, 2.45) is 0 Å². The van der Waals surface area contributed by atoms with Gasteiger partial charge in [0.25, 0.3) is 0 Å². The van der Waals surface area contributed by atoms with Crippen LogP contribution >= 0.6 is 0 Å². The maximum absolute atomic E-state index is 10.3. The Labute approximate surface area is 268 Å². The average molecular weight is 749 g/mol. The van der Waals surface area contributed by atoms with Crippen molar-refractivity contribution in [1.82, 2.24) is 14.8 Å². The molecule has 4 aromatic carbocycles. The van der Waals surface area contributed by atoms with Crippen molar-refractivity contribution in [1.29, 1.82) is 0 Å². The molecule has 0 atom stereocenters. The van der Waals surface area contributed by atoms with Crippen molar-refractivity contribution in [3.8, 4) is 34.0 Å². The summed E-state index contributed by atoms with van der Waals surface area (Å²) in [7, 11) is 0. The molecule has 6 rings (SSSR count). The van der Waals surface area contributed by atoms with Gasteiger partial charge in [0.15, 0.2) is 0 Å². The zero-order valence-electron chi connectivity index (χ0n) is 25.0. The van der Waals surface area contributed by atoms with Gasteiger partial charge in [-0.2, -0.15) is 5.10 Å². The van der Waals surface area contributed by atoms with Crippen LogP contribution in [-0.2, 0) is 21.1 Å². The Kier molecular flexibility index (Phi) is 8.89. The Balaban J connectivity index is 0.00000368. The molecule has 1 N–H and O–H groups in total. The van der Waals surface area contributed by atoms with Crippen LogP contribution in [0.2, 0.25) is 0 Å². The van der Waals surface area contributed by atoms with Gasteiger partial charge in [-0.1, -0.05) is 75.8 Å². The van der Waals surface area contributed by atoms with Crippen LogP contribution in [0.15, 0.2) is 97.3 Å². The molecule has 43 heavy (non-hydrogen) atoms. The second-order valence-corrected chi connectivity index (χ2v) is 11.2. The number of para-hydroxylation sites is 2. The predicted molar refractivity (Wildman–Crippen MR) is 170 cm³/mol. The van der Waals surface area contributed by atoms with Gasteiger partial charge in [-0.3, -0.25) is 4.98 Å². The first kappa shape index (κ1) is 30.3. The Bertz CT molecular complexity index is 1730. The van der Waals surface area contributed by atoms with Crippen LogP contribution in [0.3, 0.4) is 0 Å². The Hall–Kier alpha value is -4.15. The largest absolute Gasteiger partial charge is 2.00 e. The van der Waals surface area contributed by atoms with E-state index in [1.165, 1.54) is 27.9 Å². The zero-order chi connectivity index (χ0) is 29.4. The minimum atomic E-state index is 0. The van der Waals surface area contributed by atoms with E-state index in [1.54, 1.807) is 16.8 Å². The summed E-state index contributed by atoms with van der Waals surface area (Å²) in [6, 6.07) is 31.9. The number of phenols is 1. The van der Waals surface area contributed by atoms with E-state index in [0.29, 0.717) is 29.2 Å². The summed E-state index contributed by atoms with van der Waals surface area (Å²) in [5.74, 6) is 2.09. The van der Waals surface area contributed by atoms with Gasteiger partial charge in [-0.15, -0.1) is 36.5 Å². The summed E-state index contributed by atoms with van der Waals surface area (Å²) in [4.78, 5) is 8.99. The second kappa shape index (κ2) is 12.6. The van der Waals surface area contributed by atoms with Crippen LogP contribution in [0.4, 0.5) is 11.4 Å².